The third-order valence-electron chi connectivity index (χ3n) is 5.20. The summed E-state index contributed by atoms with van der Waals surface area (Å²) < 4.78 is 0. The Kier molecular flexibility index (Phi) is 2.95. The number of hydrogen-bond donors (Lipinski definition) is 1. The Morgan fingerprint density at radius 2 is 1.28 bits per heavy atom. The average molecular weight is 324 g/mol. The first kappa shape index (κ1) is 14.2. The molecule has 0 heterocycles. The summed E-state index contributed by atoms with van der Waals surface area (Å²) in [6.07, 6.45) is 0.700. The lowest BCUT2D eigenvalue weighted by Gasteiger charge is -2.17. The number of aryl methyl sites for hydroxylation is 1. The number of carboxylic acids is 1. The Bertz CT molecular complexity index is 1260. The van der Waals surface area contributed by atoms with Crippen molar-refractivity contribution >= 4 is 49.1 Å². The molecule has 2 nitrogen and oxygen atoms in total. The van der Waals surface area contributed by atoms with Crippen molar-refractivity contribution in [2.75, 3.05) is 0 Å². The van der Waals surface area contributed by atoms with Gasteiger partial charge in [0, 0.05) is 6.42 Å². The van der Waals surface area contributed by atoms with Gasteiger partial charge in [0.25, 0.3) is 0 Å². The molecular formula is C23H16O2. The van der Waals surface area contributed by atoms with E-state index in [0.29, 0.717) is 6.42 Å². The fraction of sp³-hybridized carbons (Fsp3) is 0.0870. The van der Waals surface area contributed by atoms with Crippen LogP contribution in [0.3, 0.4) is 0 Å². The van der Waals surface area contributed by atoms with Crippen LogP contribution < -0.4 is 0 Å². The first-order valence-electron chi connectivity index (χ1n) is 8.53. The van der Waals surface area contributed by atoms with E-state index in [0.717, 1.165) is 5.56 Å². The molecule has 0 atom stereocenters. The highest BCUT2D eigenvalue weighted by Gasteiger charge is 2.15. The summed E-state index contributed by atoms with van der Waals surface area (Å²) in [6.45, 7) is 0. The molecule has 0 unspecified atom stereocenters. The summed E-state index contributed by atoms with van der Waals surface area (Å²) >= 11 is 0. The van der Waals surface area contributed by atoms with Crippen LogP contribution in [-0.4, -0.2) is 11.1 Å². The smallest absolute Gasteiger partial charge is 0.303 e. The lowest BCUT2D eigenvalue weighted by Crippen LogP contribution is -1.99. The molecule has 0 aliphatic heterocycles. The van der Waals surface area contributed by atoms with Gasteiger partial charge in [-0.15, -0.1) is 0 Å². The maximum Gasteiger partial charge on any atom is 0.303 e. The molecule has 0 fully saturated rings. The van der Waals surface area contributed by atoms with E-state index in [2.05, 4.69) is 66.7 Å². The first-order chi connectivity index (χ1) is 12.2. The summed E-state index contributed by atoms with van der Waals surface area (Å²) in [5.74, 6) is -0.755. The largest absolute Gasteiger partial charge is 0.481 e. The van der Waals surface area contributed by atoms with E-state index in [9.17, 15) is 4.79 Å². The molecule has 0 spiro atoms. The quantitative estimate of drug-likeness (QED) is 0.339. The van der Waals surface area contributed by atoms with Gasteiger partial charge >= 0.3 is 5.97 Å². The monoisotopic (exact) mass is 324 g/mol. The van der Waals surface area contributed by atoms with Gasteiger partial charge in [0.15, 0.2) is 0 Å². The highest BCUT2D eigenvalue weighted by molar-refractivity contribution is 6.33. The number of benzene rings is 5. The van der Waals surface area contributed by atoms with Gasteiger partial charge < -0.3 is 5.11 Å². The van der Waals surface area contributed by atoms with E-state index in [-0.39, 0.29) is 6.42 Å². The fourth-order valence-corrected chi connectivity index (χ4v) is 4.18. The lowest BCUT2D eigenvalue weighted by atomic mass is 9.87. The van der Waals surface area contributed by atoms with Gasteiger partial charge in [-0.3, -0.25) is 4.79 Å². The van der Waals surface area contributed by atoms with Gasteiger partial charge in [-0.05, 0) is 55.1 Å². The Labute approximate surface area is 144 Å². The normalized spacial score (nSPS) is 11.8. The van der Waals surface area contributed by atoms with E-state index in [4.69, 9.17) is 5.11 Å². The molecule has 5 aromatic carbocycles. The third-order valence-corrected chi connectivity index (χ3v) is 5.20. The molecular weight excluding hydrogens is 308 g/mol. The van der Waals surface area contributed by atoms with E-state index in [1.54, 1.807) is 0 Å². The molecule has 0 aromatic heterocycles. The predicted molar refractivity (Wildman–Crippen MR) is 104 cm³/mol. The number of carbonyl (C=O) groups is 1. The minimum absolute atomic E-state index is 0.151. The predicted octanol–water partition coefficient (Wildman–Crippen LogP) is 5.75. The molecule has 0 saturated carbocycles. The van der Waals surface area contributed by atoms with Gasteiger partial charge in [0.1, 0.15) is 0 Å². The molecule has 120 valence electrons. The van der Waals surface area contributed by atoms with Crippen molar-refractivity contribution in [3.63, 3.8) is 0 Å². The number of rotatable bonds is 3. The second-order valence-corrected chi connectivity index (χ2v) is 6.61. The van der Waals surface area contributed by atoms with Gasteiger partial charge in [-0.25, -0.2) is 0 Å². The van der Waals surface area contributed by atoms with Crippen LogP contribution in [0, 0.1) is 0 Å². The van der Waals surface area contributed by atoms with E-state index < -0.39 is 5.97 Å². The number of aliphatic carboxylic acids is 1. The molecule has 5 aromatic rings. The molecule has 0 bridgehead atoms. The maximum absolute atomic E-state index is 11.1. The van der Waals surface area contributed by atoms with Crippen LogP contribution in [0.5, 0.6) is 0 Å². The molecule has 5 rings (SSSR count). The van der Waals surface area contributed by atoms with Crippen molar-refractivity contribution in [3.05, 3.63) is 72.3 Å². The zero-order valence-corrected chi connectivity index (χ0v) is 13.6. The standard InChI is InChI=1S/C23H16O2/c24-20(25)13-12-16-11-10-15-6-2-8-18-17-7-1-4-14-5-3-9-19(21(14)17)23(16)22(15)18/h1-11H,12-13H2,(H,24,25). The van der Waals surface area contributed by atoms with Crippen molar-refractivity contribution in [2.45, 2.75) is 12.8 Å². The Hall–Kier alpha value is -3.13. The van der Waals surface area contributed by atoms with Crippen molar-refractivity contribution in [1.29, 1.82) is 0 Å². The van der Waals surface area contributed by atoms with Crippen LogP contribution >= 0.6 is 0 Å². The molecule has 0 radical (unpaired) electrons. The van der Waals surface area contributed by atoms with Crippen molar-refractivity contribution in [2.24, 2.45) is 0 Å². The zero-order chi connectivity index (χ0) is 17.0. The van der Waals surface area contributed by atoms with Crippen LogP contribution in [0.15, 0.2) is 66.7 Å². The molecule has 0 amide bonds. The molecule has 0 aliphatic rings. The van der Waals surface area contributed by atoms with Crippen molar-refractivity contribution in [3.8, 4) is 0 Å². The SMILES string of the molecule is O=C(O)CCc1ccc2cccc3c4cccc5cccc(c1c23)c54. The van der Waals surface area contributed by atoms with Crippen LogP contribution in [0.2, 0.25) is 0 Å². The second-order valence-electron chi connectivity index (χ2n) is 6.61. The fourth-order valence-electron chi connectivity index (χ4n) is 4.18. The molecule has 0 aliphatic carbocycles. The number of carboxylic acid groups (broad SMARTS) is 1. The average Bonchev–Trinajstić information content (AvgIpc) is 2.64. The lowest BCUT2D eigenvalue weighted by molar-refractivity contribution is -0.136. The van der Waals surface area contributed by atoms with E-state index >= 15 is 0 Å². The number of fused-ring (bicyclic) bond motifs is 2. The Morgan fingerprint density at radius 1 is 0.680 bits per heavy atom. The van der Waals surface area contributed by atoms with E-state index in [1.807, 2.05) is 0 Å². The van der Waals surface area contributed by atoms with Crippen LogP contribution in [0.1, 0.15) is 12.0 Å². The molecule has 25 heavy (non-hydrogen) atoms. The minimum Gasteiger partial charge on any atom is -0.481 e. The Balaban J connectivity index is 2.04. The van der Waals surface area contributed by atoms with Crippen LogP contribution in [0.25, 0.3) is 43.1 Å². The topological polar surface area (TPSA) is 37.3 Å². The highest BCUT2D eigenvalue weighted by Crippen LogP contribution is 2.41. The summed E-state index contributed by atoms with van der Waals surface area (Å²) in [4.78, 5) is 11.1. The summed E-state index contributed by atoms with van der Waals surface area (Å²) in [6, 6.07) is 23.5. The molecule has 1 N–H and O–H groups in total. The molecule has 0 saturated heterocycles. The van der Waals surface area contributed by atoms with Crippen LogP contribution in [0.4, 0.5) is 0 Å². The van der Waals surface area contributed by atoms with Gasteiger partial charge in [-0.1, -0.05) is 66.7 Å². The third kappa shape index (κ3) is 2.01. The number of hydrogen-bond acceptors (Lipinski definition) is 1. The zero-order valence-electron chi connectivity index (χ0n) is 13.6. The van der Waals surface area contributed by atoms with Gasteiger partial charge in [0.05, 0.1) is 0 Å². The molecule has 2 heteroatoms. The van der Waals surface area contributed by atoms with Gasteiger partial charge in [-0.2, -0.15) is 0 Å². The second kappa shape index (κ2) is 5.18. The Morgan fingerprint density at radius 3 is 1.96 bits per heavy atom. The summed E-state index contributed by atoms with van der Waals surface area (Å²) in [5.41, 5.74) is 1.12. The minimum atomic E-state index is -0.755. The van der Waals surface area contributed by atoms with Crippen molar-refractivity contribution < 1.29 is 9.90 Å². The maximum atomic E-state index is 11.1. The van der Waals surface area contributed by atoms with E-state index in [1.165, 1.54) is 43.1 Å². The van der Waals surface area contributed by atoms with Gasteiger partial charge in [0.2, 0.25) is 0 Å². The first-order valence-corrected chi connectivity index (χ1v) is 8.53. The highest BCUT2D eigenvalue weighted by atomic mass is 16.4. The summed E-state index contributed by atoms with van der Waals surface area (Å²) in [7, 11) is 0. The van der Waals surface area contributed by atoms with Crippen molar-refractivity contribution in [1.82, 2.24) is 0 Å². The van der Waals surface area contributed by atoms with Crippen LogP contribution in [-0.2, 0) is 11.2 Å². The summed E-state index contributed by atoms with van der Waals surface area (Å²) in [5, 5.41) is 19.0.